The molecule has 0 aliphatic carbocycles. The van der Waals surface area contributed by atoms with Crippen molar-refractivity contribution in [3.05, 3.63) is 107 Å². The minimum atomic E-state index is 0.203. The van der Waals surface area contributed by atoms with Crippen LogP contribution in [0.1, 0.15) is 169 Å². The van der Waals surface area contributed by atoms with Crippen molar-refractivity contribution in [3.63, 3.8) is 0 Å². The fourth-order valence-corrected chi connectivity index (χ4v) is 17.7. The van der Waals surface area contributed by atoms with Gasteiger partial charge >= 0.3 is 343 Å². The molecule has 8 aromatic carbocycles. The van der Waals surface area contributed by atoms with Crippen molar-refractivity contribution < 1.29 is 77.4 Å². The predicted molar refractivity (Wildman–Crippen MR) is 274 cm³/mol. The van der Waals surface area contributed by atoms with Crippen LogP contribution in [-0.4, -0.2) is 0 Å². The fraction of sp³-hybridized carbons (Fsp3) is 0.467. The van der Waals surface area contributed by atoms with Crippen LogP contribution in [0.15, 0.2) is 48.5 Å². The Morgan fingerprint density at radius 3 is 0.719 bits per heavy atom. The Kier molecular flexibility index (Phi) is 19.1. The number of fused-ring (bicyclic) bond motifs is 8. The van der Waals surface area contributed by atoms with Gasteiger partial charge in [0.15, 0.2) is 0 Å². The molecule has 8 aromatic rings. The molecular formula is C60H80W4. The van der Waals surface area contributed by atoms with Crippen molar-refractivity contribution >= 4 is 64.6 Å². The van der Waals surface area contributed by atoms with Crippen molar-refractivity contribution in [3.8, 4) is 0 Å². The van der Waals surface area contributed by atoms with E-state index in [0.717, 1.165) is 0 Å². The normalized spacial score (nSPS) is 12.0. The van der Waals surface area contributed by atoms with E-state index in [1.807, 2.05) is 27.7 Å². The number of rotatable bonds is 0. The summed E-state index contributed by atoms with van der Waals surface area (Å²) >= 11 is 6.34. The molecule has 0 saturated heterocycles. The fourth-order valence-electron chi connectivity index (χ4n) is 9.46. The van der Waals surface area contributed by atoms with E-state index < -0.39 is 0 Å². The standard InChI is InChI=1S/C24H30.C22H14.2C5H12.2C2H6.4W/c1-13-17-11-19(23(5,6)7)16(4)22(17)14(2)18-12-20(24(8,9)10)15(3)21(13)18;1-13-19-11-15-7-4-6-10-18(15)22(19)14(2)20-12-16-8-3-5-9-17(16)21(13)20;2*1-5(2,3)4;2*1-2;;;;/h1-10H3;3-10H,1-2H3;2*1-4H3;2*1-2H3;;;;. The van der Waals surface area contributed by atoms with E-state index >= 15 is 0 Å². The molecule has 0 unspecified atom stereocenters. The Morgan fingerprint density at radius 1 is 0.281 bits per heavy atom. The Morgan fingerprint density at radius 2 is 0.484 bits per heavy atom. The monoisotopic (exact) mass is 1540 g/mol. The van der Waals surface area contributed by atoms with Crippen LogP contribution in [0, 0.1) is 66.5 Å². The Hall–Kier alpha value is -1.41. The van der Waals surface area contributed by atoms with E-state index in [-0.39, 0.29) is 10.8 Å². The van der Waals surface area contributed by atoms with Crippen LogP contribution >= 0.6 is 0 Å². The molecule has 0 atom stereocenters. The molecule has 0 saturated carbocycles. The molecule has 0 heterocycles. The van der Waals surface area contributed by atoms with Crippen molar-refractivity contribution in [2.45, 2.75) is 177 Å². The zero-order chi connectivity index (χ0) is 49.5. The van der Waals surface area contributed by atoms with Crippen molar-refractivity contribution in [2.75, 3.05) is 0 Å². The molecular weight excluding hydrogens is 1460 g/mol. The van der Waals surface area contributed by atoms with Crippen LogP contribution in [0.3, 0.4) is 0 Å². The molecule has 8 rings (SSSR count). The second kappa shape index (κ2) is 21.5. The third-order valence-electron chi connectivity index (χ3n) is 11.2. The SMILES string of the molecule is CC.CC.CC(C)(C)C.CC(C)(C)C.Cc1c(C(C)(C)C)[c](=[W])c2c(C)c3c(C)c(C(C)(C)C)[c](=[W])c3c(C)c12.Cc1c2[c](=[W])c3ccccc3c2c(C)c2[c](=[W])c3ccccc3c12. The van der Waals surface area contributed by atoms with Crippen molar-refractivity contribution in [1.82, 2.24) is 0 Å². The summed E-state index contributed by atoms with van der Waals surface area (Å²) in [7, 11) is 0. The summed E-state index contributed by atoms with van der Waals surface area (Å²) in [5, 5.41) is 17.9. The van der Waals surface area contributed by atoms with Gasteiger partial charge in [-0.05, 0) is 10.8 Å². The van der Waals surface area contributed by atoms with Crippen molar-refractivity contribution in [1.29, 1.82) is 0 Å². The molecule has 0 fully saturated rings. The third-order valence-corrected chi connectivity index (χ3v) is 17.2. The summed E-state index contributed by atoms with van der Waals surface area (Å²) in [6.07, 6.45) is 0. The maximum atomic E-state index is 2.37. The molecule has 4 heteroatoms. The van der Waals surface area contributed by atoms with Gasteiger partial charge in [-0.15, -0.1) is 0 Å². The molecule has 0 aliphatic heterocycles. The summed E-state index contributed by atoms with van der Waals surface area (Å²) in [5.41, 5.74) is 13.6. The molecule has 0 nitrogen and oxygen atoms in total. The van der Waals surface area contributed by atoms with E-state index in [4.69, 9.17) is 0 Å². The van der Waals surface area contributed by atoms with Crippen LogP contribution < -0.4 is 0 Å². The molecule has 344 valence electrons. The van der Waals surface area contributed by atoms with Gasteiger partial charge in [-0.2, -0.15) is 0 Å². The van der Waals surface area contributed by atoms with Crippen LogP contribution in [0.5, 0.6) is 0 Å². The van der Waals surface area contributed by atoms with E-state index in [9.17, 15) is 0 Å². The van der Waals surface area contributed by atoms with Gasteiger partial charge in [0.2, 0.25) is 0 Å². The Balaban J connectivity index is 0.000000265. The average Bonchev–Trinajstić information content (AvgIpc) is 3.84. The van der Waals surface area contributed by atoms with Gasteiger partial charge in [-0.1, -0.05) is 83.1 Å². The Labute approximate surface area is 432 Å². The quantitative estimate of drug-likeness (QED) is 0.142. The molecule has 0 aromatic heterocycles. The minimum absolute atomic E-state index is 0.203. The number of hydrogen-bond donors (Lipinski definition) is 0. The maximum absolute atomic E-state index is 2.37. The average molecular weight is 1540 g/mol. The summed E-state index contributed by atoms with van der Waals surface area (Å²) < 4.78 is 6.18. The van der Waals surface area contributed by atoms with E-state index in [1.54, 1.807) is 106 Å². The van der Waals surface area contributed by atoms with E-state index in [1.165, 1.54) is 94.3 Å². The second-order valence-electron chi connectivity index (χ2n) is 22.4. The van der Waals surface area contributed by atoms with Gasteiger partial charge < -0.3 is 0 Å². The van der Waals surface area contributed by atoms with Crippen LogP contribution in [-0.2, 0) is 88.2 Å². The van der Waals surface area contributed by atoms with Gasteiger partial charge in [-0.25, -0.2) is 0 Å². The first-order valence-corrected chi connectivity index (χ1v) is 29.3. The number of hydrogen-bond acceptors (Lipinski definition) is 0. The van der Waals surface area contributed by atoms with E-state index in [0.29, 0.717) is 10.8 Å². The zero-order valence-corrected chi connectivity index (χ0v) is 56.0. The Bertz CT molecular complexity index is 2930. The van der Waals surface area contributed by atoms with E-state index in [2.05, 4.69) is 187 Å². The first kappa shape index (κ1) is 56.9. The van der Waals surface area contributed by atoms with Gasteiger partial charge in [0.1, 0.15) is 0 Å². The van der Waals surface area contributed by atoms with Crippen LogP contribution in [0.2, 0.25) is 0 Å². The number of benzene rings is 4. The zero-order valence-electron chi connectivity index (χ0n) is 44.3. The summed E-state index contributed by atoms with van der Waals surface area (Å²) in [6.45, 7) is 53.8. The molecule has 0 spiro atoms. The van der Waals surface area contributed by atoms with Gasteiger partial charge in [0, 0.05) is 0 Å². The third kappa shape index (κ3) is 11.5. The first-order chi connectivity index (χ1) is 29.3. The molecule has 0 radical (unpaired) electrons. The molecule has 0 aliphatic rings. The molecule has 64 heavy (non-hydrogen) atoms. The molecule has 0 N–H and O–H groups in total. The summed E-state index contributed by atoms with van der Waals surface area (Å²) in [5.74, 6) is 0. The molecule has 0 bridgehead atoms. The van der Waals surface area contributed by atoms with Gasteiger partial charge in [0.05, 0.1) is 0 Å². The number of aryl methyl sites for hydroxylation is 6. The predicted octanol–water partition coefficient (Wildman–Crippen LogP) is 19.0. The van der Waals surface area contributed by atoms with Crippen LogP contribution in [0.25, 0.3) is 64.6 Å². The van der Waals surface area contributed by atoms with Crippen LogP contribution in [0.4, 0.5) is 0 Å². The second-order valence-corrected chi connectivity index (χ2v) is 28.3. The molecule has 0 amide bonds. The summed E-state index contributed by atoms with van der Waals surface area (Å²) in [6, 6.07) is 17.9. The summed E-state index contributed by atoms with van der Waals surface area (Å²) in [4.78, 5) is 0. The van der Waals surface area contributed by atoms with Gasteiger partial charge in [-0.3, -0.25) is 0 Å². The van der Waals surface area contributed by atoms with Crippen molar-refractivity contribution in [2.24, 2.45) is 10.8 Å². The first-order valence-electron chi connectivity index (χ1n) is 23.5. The topological polar surface area (TPSA) is 0 Å². The van der Waals surface area contributed by atoms with Gasteiger partial charge in [0.25, 0.3) is 0 Å².